The summed E-state index contributed by atoms with van der Waals surface area (Å²) in [6.07, 6.45) is 7.82. The molecular formula is C27H29N3O3. The van der Waals surface area contributed by atoms with Gasteiger partial charge in [-0.3, -0.25) is 14.6 Å². The number of nitrogens with one attached hydrogen (secondary N) is 2. The van der Waals surface area contributed by atoms with Crippen molar-refractivity contribution in [1.82, 2.24) is 10.3 Å². The van der Waals surface area contributed by atoms with E-state index < -0.39 is 6.10 Å². The lowest BCUT2D eigenvalue weighted by Gasteiger charge is -2.21. The van der Waals surface area contributed by atoms with Gasteiger partial charge >= 0.3 is 0 Å². The van der Waals surface area contributed by atoms with Crippen LogP contribution in [0.25, 0.3) is 0 Å². The molecule has 1 aliphatic carbocycles. The van der Waals surface area contributed by atoms with Gasteiger partial charge < -0.3 is 15.4 Å². The van der Waals surface area contributed by atoms with Crippen molar-refractivity contribution in [2.75, 3.05) is 5.32 Å². The predicted molar refractivity (Wildman–Crippen MR) is 128 cm³/mol. The summed E-state index contributed by atoms with van der Waals surface area (Å²) in [5.41, 5.74) is 4.44. The van der Waals surface area contributed by atoms with Gasteiger partial charge in [-0.1, -0.05) is 31.2 Å². The van der Waals surface area contributed by atoms with E-state index in [4.69, 9.17) is 4.74 Å². The normalized spacial score (nSPS) is 13.5. The van der Waals surface area contributed by atoms with Crippen LogP contribution in [0, 0.1) is 0 Å². The van der Waals surface area contributed by atoms with Crippen molar-refractivity contribution in [2.24, 2.45) is 0 Å². The summed E-state index contributed by atoms with van der Waals surface area (Å²) in [7, 11) is 0. The maximum absolute atomic E-state index is 13.0. The molecule has 0 saturated heterocycles. The standard InChI is InChI=1S/C27H29N3O3/c1-2-25(33-22-14-13-20-9-3-4-10-21(20)16-22)27(32)30-24-12-6-5-11-23(24)26(31)29-18-19-8-7-15-28-17-19/h5-8,11-17,25H,2-4,9-10,18H2,1H3,(H,29,31)(H,30,32). The number of hydrogen-bond donors (Lipinski definition) is 2. The van der Waals surface area contributed by atoms with E-state index in [1.54, 1.807) is 36.7 Å². The van der Waals surface area contributed by atoms with Gasteiger partial charge in [0.25, 0.3) is 11.8 Å². The summed E-state index contributed by atoms with van der Waals surface area (Å²) in [4.78, 5) is 29.8. The van der Waals surface area contributed by atoms with Crippen LogP contribution in [0.15, 0.2) is 67.0 Å². The Hall–Kier alpha value is -3.67. The number of carbonyl (C=O) groups is 2. The molecule has 2 aromatic carbocycles. The first-order valence-corrected chi connectivity index (χ1v) is 11.5. The number of hydrogen-bond acceptors (Lipinski definition) is 4. The fourth-order valence-electron chi connectivity index (χ4n) is 4.05. The Bertz CT molecular complexity index is 1110. The molecule has 170 valence electrons. The number of aromatic nitrogens is 1. The monoisotopic (exact) mass is 443 g/mol. The molecule has 1 aliphatic rings. The van der Waals surface area contributed by atoms with Crippen molar-refractivity contribution in [3.63, 3.8) is 0 Å². The molecule has 0 fully saturated rings. The molecule has 2 N–H and O–H groups in total. The molecule has 0 bridgehead atoms. The van der Waals surface area contributed by atoms with Crippen molar-refractivity contribution in [3.05, 3.63) is 89.2 Å². The lowest BCUT2D eigenvalue weighted by molar-refractivity contribution is -0.122. The highest BCUT2D eigenvalue weighted by Gasteiger charge is 2.22. The van der Waals surface area contributed by atoms with Gasteiger partial charge in [0.15, 0.2) is 6.10 Å². The van der Waals surface area contributed by atoms with Gasteiger partial charge in [0, 0.05) is 18.9 Å². The Morgan fingerprint density at radius 1 is 1.03 bits per heavy atom. The van der Waals surface area contributed by atoms with Gasteiger partial charge in [0.2, 0.25) is 0 Å². The topological polar surface area (TPSA) is 80.3 Å². The van der Waals surface area contributed by atoms with E-state index in [0.29, 0.717) is 30.0 Å². The third-order valence-electron chi connectivity index (χ3n) is 5.87. The first kappa shape index (κ1) is 22.5. The summed E-state index contributed by atoms with van der Waals surface area (Å²) in [5.74, 6) is 0.168. The van der Waals surface area contributed by atoms with Crippen LogP contribution in [0.4, 0.5) is 5.69 Å². The summed E-state index contributed by atoms with van der Waals surface area (Å²) in [6, 6.07) is 16.8. The molecule has 0 radical (unpaired) electrons. The zero-order valence-electron chi connectivity index (χ0n) is 18.8. The number of nitrogens with zero attached hydrogens (tertiary/aromatic N) is 1. The predicted octanol–water partition coefficient (Wildman–Crippen LogP) is 4.69. The summed E-state index contributed by atoms with van der Waals surface area (Å²) >= 11 is 0. The molecule has 0 aliphatic heterocycles. The van der Waals surface area contributed by atoms with Crippen LogP contribution >= 0.6 is 0 Å². The Balaban J connectivity index is 1.42. The highest BCUT2D eigenvalue weighted by Crippen LogP contribution is 2.26. The SMILES string of the molecule is CCC(Oc1ccc2c(c1)CCCC2)C(=O)Nc1ccccc1C(=O)NCc1cccnc1. The molecule has 33 heavy (non-hydrogen) atoms. The molecule has 1 atom stereocenters. The van der Waals surface area contributed by atoms with E-state index in [2.05, 4.69) is 27.8 Å². The number of para-hydroxylation sites is 1. The molecule has 4 rings (SSSR count). The smallest absolute Gasteiger partial charge is 0.265 e. The Kier molecular flexibility index (Phi) is 7.35. The molecule has 0 saturated carbocycles. The average Bonchev–Trinajstić information content (AvgIpc) is 2.86. The Morgan fingerprint density at radius 3 is 2.64 bits per heavy atom. The van der Waals surface area contributed by atoms with Gasteiger partial charge in [-0.05, 0) is 79.1 Å². The van der Waals surface area contributed by atoms with Gasteiger partial charge in [-0.15, -0.1) is 0 Å². The highest BCUT2D eigenvalue weighted by molar-refractivity contribution is 6.04. The second kappa shape index (κ2) is 10.8. The van der Waals surface area contributed by atoms with Gasteiger partial charge in [0.05, 0.1) is 11.3 Å². The minimum absolute atomic E-state index is 0.265. The van der Waals surface area contributed by atoms with E-state index in [1.165, 1.54) is 24.0 Å². The number of rotatable bonds is 8. The number of fused-ring (bicyclic) bond motifs is 1. The molecular weight excluding hydrogens is 414 g/mol. The molecule has 1 aromatic heterocycles. The van der Waals surface area contributed by atoms with Crippen molar-refractivity contribution in [2.45, 2.75) is 51.7 Å². The van der Waals surface area contributed by atoms with Crippen molar-refractivity contribution in [3.8, 4) is 5.75 Å². The van der Waals surface area contributed by atoms with Gasteiger partial charge in [0.1, 0.15) is 5.75 Å². The first-order chi connectivity index (χ1) is 16.1. The van der Waals surface area contributed by atoms with E-state index in [1.807, 2.05) is 25.1 Å². The van der Waals surface area contributed by atoms with E-state index in [0.717, 1.165) is 18.4 Å². The second-order valence-corrected chi connectivity index (χ2v) is 8.23. The number of carbonyl (C=O) groups excluding carboxylic acids is 2. The zero-order valence-corrected chi connectivity index (χ0v) is 18.8. The maximum atomic E-state index is 13.0. The number of amides is 2. The number of ether oxygens (including phenoxy) is 1. The maximum Gasteiger partial charge on any atom is 0.265 e. The van der Waals surface area contributed by atoms with Gasteiger partial charge in [-0.25, -0.2) is 0 Å². The van der Waals surface area contributed by atoms with E-state index >= 15 is 0 Å². The summed E-state index contributed by atoms with van der Waals surface area (Å²) in [5, 5.41) is 5.77. The number of benzene rings is 2. The van der Waals surface area contributed by atoms with Crippen LogP contribution < -0.4 is 15.4 Å². The number of anilines is 1. The van der Waals surface area contributed by atoms with Crippen LogP contribution in [-0.4, -0.2) is 22.9 Å². The van der Waals surface area contributed by atoms with Crippen LogP contribution in [0.3, 0.4) is 0 Å². The molecule has 1 unspecified atom stereocenters. The Morgan fingerprint density at radius 2 is 1.85 bits per heavy atom. The number of aryl methyl sites for hydroxylation is 2. The van der Waals surface area contributed by atoms with E-state index in [-0.39, 0.29) is 11.8 Å². The number of pyridine rings is 1. The van der Waals surface area contributed by atoms with Gasteiger partial charge in [-0.2, -0.15) is 0 Å². The first-order valence-electron chi connectivity index (χ1n) is 11.5. The lowest BCUT2D eigenvalue weighted by atomic mass is 9.92. The molecule has 2 amide bonds. The fraction of sp³-hybridized carbons (Fsp3) is 0.296. The van der Waals surface area contributed by atoms with Crippen LogP contribution in [0.2, 0.25) is 0 Å². The molecule has 1 heterocycles. The lowest BCUT2D eigenvalue weighted by Crippen LogP contribution is -2.33. The third kappa shape index (κ3) is 5.77. The third-order valence-corrected chi connectivity index (χ3v) is 5.87. The van der Waals surface area contributed by atoms with Crippen molar-refractivity contribution < 1.29 is 14.3 Å². The van der Waals surface area contributed by atoms with Crippen LogP contribution in [0.1, 0.15) is 53.2 Å². The molecule has 6 heteroatoms. The van der Waals surface area contributed by atoms with E-state index in [9.17, 15) is 9.59 Å². The zero-order chi connectivity index (χ0) is 23.0. The minimum atomic E-state index is -0.654. The minimum Gasteiger partial charge on any atom is -0.481 e. The average molecular weight is 444 g/mol. The molecule has 0 spiro atoms. The Labute approximate surface area is 194 Å². The molecule has 3 aromatic rings. The largest absolute Gasteiger partial charge is 0.481 e. The second-order valence-electron chi connectivity index (χ2n) is 8.23. The van der Waals surface area contributed by atoms with Crippen LogP contribution in [-0.2, 0) is 24.2 Å². The van der Waals surface area contributed by atoms with Crippen molar-refractivity contribution in [1.29, 1.82) is 0 Å². The van der Waals surface area contributed by atoms with Crippen LogP contribution in [0.5, 0.6) is 5.75 Å². The highest BCUT2D eigenvalue weighted by atomic mass is 16.5. The van der Waals surface area contributed by atoms with Crippen molar-refractivity contribution >= 4 is 17.5 Å². The molecule has 6 nitrogen and oxygen atoms in total. The fourth-order valence-corrected chi connectivity index (χ4v) is 4.05. The summed E-state index contributed by atoms with van der Waals surface area (Å²) < 4.78 is 6.05. The summed E-state index contributed by atoms with van der Waals surface area (Å²) in [6.45, 7) is 2.27. The quantitative estimate of drug-likeness (QED) is 0.529.